The Balaban J connectivity index is 2.42. The van der Waals surface area contributed by atoms with E-state index in [1.165, 1.54) is 12.1 Å². The number of likely N-dealkylation sites (N-methyl/N-ethyl adjacent to an activating group) is 1. The number of alkyl halides is 3. The fraction of sp³-hybridized carbons (Fsp3) is 0.571. The van der Waals surface area contributed by atoms with Gasteiger partial charge in [0.2, 0.25) is 0 Å². The molecule has 2 nitrogen and oxygen atoms in total. The molecule has 1 N–H and O–H groups in total. The summed E-state index contributed by atoms with van der Waals surface area (Å²) in [5.74, 6) is 0. The summed E-state index contributed by atoms with van der Waals surface area (Å²) in [6, 6.07) is 5.40. The maximum Gasteiger partial charge on any atom is 0.416 e. The third kappa shape index (κ3) is 5.20. The van der Waals surface area contributed by atoms with E-state index in [0.29, 0.717) is 0 Å². The zero-order valence-electron chi connectivity index (χ0n) is 11.2. The Hall–Kier alpha value is -1.07. The Bertz CT molecular complexity index is 375. The van der Waals surface area contributed by atoms with Crippen molar-refractivity contribution in [2.75, 3.05) is 20.2 Å². The Kier molecular flexibility index (Phi) is 5.82. The molecule has 0 aliphatic heterocycles. The summed E-state index contributed by atoms with van der Waals surface area (Å²) in [5.41, 5.74) is 0.292. The van der Waals surface area contributed by atoms with E-state index in [-0.39, 0.29) is 12.6 Å². The lowest BCUT2D eigenvalue weighted by atomic mass is 10.1. The van der Waals surface area contributed by atoms with E-state index < -0.39 is 11.7 Å². The first-order valence-electron chi connectivity index (χ1n) is 6.32. The van der Waals surface area contributed by atoms with E-state index >= 15 is 0 Å². The van der Waals surface area contributed by atoms with Crippen LogP contribution < -0.4 is 0 Å². The first kappa shape index (κ1) is 16.0. The van der Waals surface area contributed by atoms with E-state index in [1.54, 1.807) is 0 Å². The molecule has 0 aliphatic rings. The third-order valence-electron chi connectivity index (χ3n) is 3.27. The molecule has 0 spiro atoms. The second kappa shape index (κ2) is 6.91. The monoisotopic (exact) mass is 275 g/mol. The van der Waals surface area contributed by atoms with E-state index in [4.69, 9.17) is 5.11 Å². The second-order valence-corrected chi connectivity index (χ2v) is 4.81. The van der Waals surface area contributed by atoms with Gasteiger partial charge in [0, 0.05) is 6.04 Å². The third-order valence-corrected chi connectivity index (χ3v) is 3.27. The van der Waals surface area contributed by atoms with Gasteiger partial charge in [-0.15, -0.1) is 0 Å². The van der Waals surface area contributed by atoms with Gasteiger partial charge in [-0.05, 0) is 51.1 Å². The molecule has 1 rings (SSSR count). The molecule has 1 aromatic carbocycles. The molecule has 108 valence electrons. The fourth-order valence-electron chi connectivity index (χ4n) is 1.75. The number of aryl methyl sites for hydroxylation is 1. The van der Waals surface area contributed by atoms with Gasteiger partial charge < -0.3 is 10.0 Å². The molecule has 19 heavy (non-hydrogen) atoms. The molecule has 0 fully saturated rings. The highest BCUT2D eigenvalue weighted by molar-refractivity contribution is 5.24. The minimum absolute atomic E-state index is 0.104. The Morgan fingerprint density at radius 2 is 1.79 bits per heavy atom. The lowest BCUT2D eigenvalue weighted by Crippen LogP contribution is -2.32. The molecule has 0 amide bonds. The standard InChI is InChI=1S/C14H20F3NO/c1-11(10-19)18(2)9-3-4-12-5-7-13(8-6-12)14(15,16)17/h5-8,11,19H,3-4,9-10H2,1-2H3. The SMILES string of the molecule is CC(CO)N(C)CCCc1ccc(C(F)(F)F)cc1. The van der Waals surface area contributed by atoms with Gasteiger partial charge in [-0.1, -0.05) is 12.1 Å². The Labute approximate surface area is 111 Å². The highest BCUT2D eigenvalue weighted by Gasteiger charge is 2.29. The summed E-state index contributed by atoms with van der Waals surface area (Å²) in [4.78, 5) is 2.03. The van der Waals surface area contributed by atoms with Crippen molar-refractivity contribution in [3.05, 3.63) is 35.4 Å². The van der Waals surface area contributed by atoms with Crippen molar-refractivity contribution in [2.24, 2.45) is 0 Å². The van der Waals surface area contributed by atoms with Gasteiger partial charge >= 0.3 is 6.18 Å². The minimum Gasteiger partial charge on any atom is -0.395 e. The fourth-order valence-corrected chi connectivity index (χ4v) is 1.75. The van der Waals surface area contributed by atoms with Crippen molar-refractivity contribution in [3.63, 3.8) is 0 Å². The van der Waals surface area contributed by atoms with E-state index in [2.05, 4.69) is 0 Å². The van der Waals surface area contributed by atoms with Crippen molar-refractivity contribution in [1.82, 2.24) is 4.90 Å². The molecular weight excluding hydrogens is 255 g/mol. The van der Waals surface area contributed by atoms with Crippen LogP contribution in [0.25, 0.3) is 0 Å². The first-order chi connectivity index (χ1) is 8.84. The van der Waals surface area contributed by atoms with Crippen LogP contribution in [0.1, 0.15) is 24.5 Å². The zero-order chi connectivity index (χ0) is 14.5. The van der Waals surface area contributed by atoms with Crippen molar-refractivity contribution in [1.29, 1.82) is 0 Å². The van der Waals surface area contributed by atoms with Crippen molar-refractivity contribution < 1.29 is 18.3 Å². The topological polar surface area (TPSA) is 23.5 Å². The second-order valence-electron chi connectivity index (χ2n) is 4.81. The zero-order valence-corrected chi connectivity index (χ0v) is 11.2. The normalized spacial score (nSPS) is 13.8. The van der Waals surface area contributed by atoms with Gasteiger partial charge in [0.1, 0.15) is 0 Å². The molecule has 1 aromatic rings. The van der Waals surface area contributed by atoms with Crippen LogP contribution in [0.3, 0.4) is 0 Å². The molecule has 0 saturated heterocycles. The van der Waals surface area contributed by atoms with Gasteiger partial charge in [-0.25, -0.2) is 0 Å². The average Bonchev–Trinajstić information content (AvgIpc) is 2.37. The molecule has 0 radical (unpaired) electrons. The molecule has 1 unspecified atom stereocenters. The number of aliphatic hydroxyl groups excluding tert-OH is 1. The smallest absolute Gasteiger partial charge is 0.395 e. The number of rotatable bonds is 6. The maximum atomic E-state index is 12.4. The van der Waals surface area contributed by atoms with Crippen molar-refractivity contribution in [2.45, 2.75) is 32.0 Å². The summed E-state index contributed by atoms with van der Waals surface area (Å²) in [6.07, 6.45) is -2.68. The number of nitrogens with zero attached hydrogens (tertiary/aromatic N) is 1. The molecule has 1 atom stereocenters. The lowest BCUT2D eigenvalue weighted by Gasteiger charge is -2.22. The van der Waals surface area contributed by atoms with Gasteiger partial charge in [-0.3, -0.25) is 0 Å². The average molecular weight is 275 g/mol. The number of aliphatic hydroxyl groups is 1. The van der Waals surface area contributed by atoms with Crippen LogP contribution >= 0.6 is 0 Å². The summed E-state index contributed by atoms with van der Waals surface area (Å²) < 4.78 is 37.1. The number of benzene rings is 1. The van der Waals surface area contributed by atoms with Crippen LogP contribution in [0.2, 0.25) is 0 Å². The van der Waals surface area contributed by atoms with E-state index in [1.807, 2.05) is 18.9 Å². The maximum absolute atomic E-state index is 12.4. The van der Waals surface area contributed by atoms with E-state index in [9.17, 15) is 13.2 Å². The predicted octanol–water partition coefficient (Wildman–Crippen LogP) is 2.95. The molecular formula is C14H20F3NO. The van der Waals surface area contributed by atoms with Gasteiger partial charge in [0.25, 0.3) is 0 Å². The quantitative estimate of drug-likeness (QED) is 0.863. The largest absolute Gasteiger partial charge is 0.416 e. The van der Waals surface area contributed by atoms with Gasteiger partial charge in [-0.2, -0.15) is 13.2 Å². The van der Waals surface area contributed by atoms with Crippen LogP contribution in [0.4, 0.5) is 13.2 Å². The molecule has 5 heteroatoms. The van der Waals surface area contributed by atoms with Crippen LogP contribution in [-0.4, -0.2) is 36.2 Å². The minimum atomic E-state index is -4.27. The Morgan fingerprint density at radius 1 is 1.21 bits per heavy atom. The molecule has 0 aromatic heterocycles. The van der Waals surface area contributed by atoms with Crippen LogP contribution in [0.5, 0.6) is 0 Å². The van der Waals surface area contributed by atoms with Crippen molar-refractivity contribution >= 4 is 0 Å². The summed E-state index contributed by atoms with van der Waals surface area (Å²) in [7, 11) is 1.92. The van der Waals surface area contributed by atoms with Gasteiger partial charge in [0.15, 0.2) is 0 Å². The van der Waals surface area contributed by atoms with Crippen LogP contribution in [0.15, 0.2) is 24.3 Å². The molecule has 0 saturated carbocycles. The molecule has 0 bridgehead atoms. The summed E-state index contributed by atoms with van der Waals surface area (Å²) in [6.45, 7) is 2.84. The van der Waals surface area contributed by atoms with Crippen LogP contribution in [-0.2, 0) is 12.6 Å². The predicted molar refractivity (Wildman–Crippen MR) is 68.9 cm³/mol. The first-order valence-corrected chi connectivity index (χ1v) is 6.32. The highest BCUT2D eigenvalue weighted by Crippen LogP contribution is 2.29. The lowest BCUT2D eigenvalue weighted by molar-refractivity contribution is -0.137. The van der Waals surface area contributed by atoms with Crippen molar-refractivity contribution in [3.8, 4) is 0 Å². The number of hydrogen-bond acceptors (Lipinski definition) is 2. The molecule has 0 heterocycles. The van der Waals surface area contributed by atoms with Gasteiger partial charge in [0.05, 0.1) is 12.2 Å². The number of halogens is 3. The van der Waals surface area contributed by atoms with Crippen LogP contribution in [0, 0.1) is 0 Å². The summed E-state index contributed by atoms with van der Waals surface area (Å²) in [5, 5.41) is 8.98. The Morgan fingerprint density at radius 3 is 2.26 bits per heavy atom. The van der Waals surface area contributed by atoms with E-state index in [0.717, 1.165) is 37.1 Å². The summed E-state index contributed by atoms with van der Waals surface area (Å²) >= 11 is 0. The highest BCUT2D eigenvalue weighted by atomic mass is 19.4. The number of hydrogen-bond donors (Lipinski definition) is 1. The molecule has 0 aliphatic carbocycles.